The average Bonchev–Trinajstić information content (AvgIpc) is 2.65. The van der Waals surface area contributed by atoms with Crippen molar-refractivity contribution in [1.82, 2.24) is 5.32 Å². The molecular weight excluding hydrogens is 310 g/mol. The lowest BCUT2D eigenvalue weighted by atomic mass is 10.1. The van der Waals surface area contributed by atoms with E-state index in [9.17, 15) is 9.59 Å². The maximum atomic E-state index is 12.2. The Bertz CT molecular complexity index is 759. The number of hydrogen-bond acceptors (Lipinski definition) is 5. The fraction of sp³-hybridized carbons (Fsp3) is 0.222. The molecule has 0 fully saturated rings. The van der Waals surface area contributed by atoms with Crippen molar-refractivity contribution in [3.8, 4) is 11.5 Å². The van der Waals surface area contributed by atoms with Crippen LogP contribution in [0.25, 0.3) is 0 Å². The van der Waals surface area contributed by atoms with Gasteiger partial charge in [-0.3, -0.25) is 4.79 Å². The zero-order valence-electron chi connectivity index (χ0n) is 13.2. The van der Waals surface area contributed by atoms with Crippen LogP contribution in [-0.4, -0.2) is 38.2 Å². The van der Waals surface area contributed by atoms with E-state index in [1.54, 1.807) is 18.2 Å². The second kappa shape index (κ2) is 7.04. The van der Waals surface area contributed by atoms with Gasteiger partial charge in [-0.05, 0) is 30.3 Å². The largest absolute Gasteiger partial charge is 0.486 e. The van der Waals surface area contributed by atoms with Crippen LogP contribution in [0, 0.1) is 0 Å². The van der Waals surface area contributed by atoms with Crippen molar-refractivity contribution >= 4 is 11.9 Å². The first-order valence-electron chi connectivity index (χ1n) is 7.52. The number of para-hydroxylation sites is 2. The number of carbonyl (C=O) groups is 2. The van der Waals surface area contributed by atoms with Crippen molar-refractivity contribution in [3.63, 3.8) is 0 Å². The molecule has 1 atom stereocenters. The maximum absolute atomic E-state index is 12.2. The Balaban J connectivity index is 1.59. The van der Waals surface area contributed by atoms with Crippen LogP contribution < -0.4 is 14.8 Å². The fourth-order valence-corrected chi connectivity index (χ4v) is 2.38. The van der Waals surface area contributed by atoms with Gasteiger partial charge in [0.2, 0.25) is 0 Å². The minimum atomic E-state index is -0.481. The SMILES string of the molecule is COC(=O)c1cccc(C(=O)NC[C@@H]2COc3ccccc3O2)c1. The Morgan fingerprint density at radius 2 is 1.88 bits per heavy atom. The quantitative estimate of drug-likeness (QED) is 0.870. The molecule has 0 aliphatic carbocycles. The maximum Gasteiger partial charge on any atom is 0.337 e. The predicted molar refractivity (Wildman–Crippen MR) is 86.5 cm³/mol. The molecule has 0 bridgehead atoms. The normalized spacial score (nSPS) is 15.5. The van der Waals surface area contributed by atoms with Gasteiger partial charge in [0.05, 0.1) is 19.2 Å². The molecule has 1 aliphatic heterocycles. The van der Waals surface area contributed by atoms with Crippen molar-refractivity contribution < 1.29 is 23.8 Å². The highest BCUT2D eigenvalue weighted by atomic mass is 16.6. The molecule has 3 rings (SSSR count). The number of nitrogens with one attached hydrogen (secondary N) is 1. The van der Waals surface area contributed by atoms with E-state index in [0.717, 1.165) is 0 Å². The van der Waals surface area contributed by atoms with Gasteiger partial charge in [0.15, 0.2) is 11.5 Å². The molecule has 0 spiro atoms. The van der Waals surface area contributed by atoms with Gasteiger partial charge in [0.25, 0.3) is 5.91 Å². The minimum Gasteiger partial charge on any atom is -0.486 e. The van der Waals surface area contributed by atoms with Crippen LogP contribution in [0.4, 0.5) is 0 Å². The van der Waals surface area contributed by atoms with Gasteiger partial charge < -0.3 is 19.5 Å². The standard InChI is InChI=1S/C18H17NO5/c1-22-18(21)13-6-4-5-12(9-13)17(20)19-10-14-11-23-15-7-2-3-8-16(15)24-14/h2-9,14H,10-11H2,1H3,(H,19,20)/t14-/m1/s1. The molecule has 0 unspecified atom stereocenters. The molecule has 6 nitrogen and oxygen atoms in total. The van der Waals surface area contributed by atoms with E-state index < -0.39 is 5.97 Å². The molecule has 6 heteroatoms. The molecule has 124 valence electrons. The third-order valence-electron chi connectivity index (χ3n) is 3.60. The van der Waals surface area contributed by atoms with E-state index in [4.69, 9.17) is 9.47 Å². The molecule has 1 aliphatic rings. The van der Waals surface area contributed by atoms with E-state index in [2.05, 4.69) is 10.1 Å². The lowest BCUT2D eigenvalue weighted by Crippen LogP contribution is -2.40. The van der Waals surface area contributed by atoms with E-state index in [1.165, 1.54) is 13.2 Å². The van der Waals surface area contributed by atoms with E-state index >= 15 is 0 Å². The van der Waals surface area contributed by atoms with Crippen LogP contribution in [0.5, 0.6) is 11.5 Å². The highest BCUT2D eigenvalue weighted by Gasteiger charge is 2.21. The highest BCUT2D eigenvalue weighted by molar-refractivity contribution is 5.97. The Morgan fingerprint density at radius 3 is 2.67 bits per heavy atom. The summed E-state index contributed by atoms with van der Waals surface area (Å²) in [5.41, 5.74) is 0.714. The summed E-state index contributed by atoms with van der Waals surface area (Å²) in [5.74, 6) is 0.593. The zero-order valence-corrected chi connectivity index (χ0v) is 13.2. The van der Waals surface area contributed by atoms with E-state index in [-0.39, 0.29) is 12.0 Å². The molecule has 0 radical (unpaired) electrons. The smallest absolute Gasteiger partial charge is 0.337 e. The van der Waals surface area contributed by atoms with Crippen LogP contribution in [0.2, 0.25) is 0 Å². The van der Waals surface area contributed by atoms with Crippen molar-refractivity contribution in [2.24, 2.45) is 0 Å². The molecular formula is C18H17NO5. The average molecular weight is 327 g/mol. The molecule has 1 heterocycles. The van der Waals surface area contributed by atoms with Gasteiger partial charge >= 0.3 is 5.97 Å². The molecule has 0 saturated carbocycles. The van der Waals surface area contributed by atoms with Crippen molar-refractivity contribution in [3.05, 3.63) is 59.7 Å². The number of methoxy groups -OCH3 is 1. The first-order valence-corrected chi connectivity index (χ1v) is 7.52. The summed E-state index contributed by atoms with van der Waals surface area (Å²) in [6.45, 7) is 0.662. The molecule has 1 N–H and O–H groups in total. The molecule has 0 aromatic heterocycles. The minimum absolute atomic E-state index is 0.271. The Labute approximate surface area is 139 Å². The number of esters is 1. The fourth-order valence-electron chi connectivity index (χ4n) is 2.38. The second-order valence-corrected chi connectivity index (χ2v) is 5.28. The van der Waals surface area contributed by atoms with Crippen molar-refractivity contribution in [2.75, 3.05) is 20.3 Å². The number of amides is 1. The van der Waals surface area contributed by atoms with Crippen molar-refractivity contribution in [2.45, 2.75) is 6.10 Å². The Kier molecular flexibility index (Phi) is 4.65. The second-order valence-electron chi connectivity index (χ2n) is 5.28. The summed E-state index contributed by atoms with van der Waals surface area (Å²) in [4.78, 5) is 23.8. The first kappa shape index (κ1) is 15.9. The first-order chi connectivity index (χ1) is 11.7. The number of benzene rings is 2. The van der Waals surface area contributed by atoms with Gasteiger partial charge in [0, 0.05) is 5.56 Å². The number of carbonyl (C=O) groups excluding carboxylic acids is 2. The summed E-state index contributed by atoms with van der Waals surface area (Å²) in [5, 5.41) is 2.79. The van der Waals surface area contributed by atoms with Gasteiger partial charge in [-0.25, -0.2) is 4.79 Å². The summed E-state index contributed by atoms with van der Waals surface area (Å²) in [6.07, 6.45) is -0.271. The number of fused-ring (bicyclic) bond motifs is 1. The highest BCUT2D eigenvalue weighted by Crippen LogP contribution is 2.30. The molecule has 2 aromatic carbocycles. The van der Waals surface area contributed by atoms with E-state index in [1.807, 2.05) is 24.3 Å². The summed E-state index contributed by atoms with van der Waals surface area (Å²) in [6, 6.07) is 13.8. The predicted octanol–water partition coefficient (Wildman–Crippen LogP) is 2.04. The molecule has 2 aromatic rings. The Hall–Kier alpha value is -3.02. The molecule has 24 heavy (non-hydrogen) atoms. The van der Waals surface area contributed by atoms with Crippen LogP contribution in [0.3, 0.4) is 0 Å². The summed E-state index contributed by atoms with van der Waals surface area (Å²) < 4.78 is 16.0. The summed E-state index contributed by atoms with van der Waals surface area (Å²) >= 11 is 0. The number of ether oxygens (including phenoxy) is 3. The monoisotopic (exact) mass is 327 g/mol. The van der Waals surface area contributed by atoms with Crippen molar-refractivity contribution in [1.29, 1.82) is 0 Å². The third kappa shape index (κ3) is 3.48. The molecule has 1 amide bonds. The number of rotatable bonds is 4. The van der Waals surface area contributed by atoms with Gasteiger partial charge in [-0.1, -0.05) is 18.2 Å². The number of hydrogen-bond donors (Lipinski definition) is 1. The van der Waals surface area contributed by atoms with Crippen LogP contribution in [-0.2, 0) is 4.74 Å². The van der Waals surface area contributed by atoms with Gasteiger partial charge in [0.1, 0.15) is 12.7 Å². The summed E-state index contributed by atoms with van der Waals surface area (Å²) in [7, 11) is 1.30. The lowest BCUT2D eigenvalue weighted by Gasteiger charge is -2.26. The van der Waals surface area contributed by atoms with Gasteiger partial charge in [-0.15, -0.1) is 0 Å². The zero-order chi connectivity index (χ0) is 16.9. The van der Waals surface area contributed by atoms with Crippen LogP contribution in [0.15, 0.2) is 48.5 Å². The van der Waals surface area contributed by atoms with Crippen LogP contribution >= 0.6 is 0 Å². The molecule has 0 saturated heterocycles. The Morgan fingerprint density at radius 1 is 1.12 bits per heavy atom. The third-order valence-corrected chi connectivity index (χ3v) is 3.60. The van der Waals surface area contributed by atoms with Gasteiger partial charge in [-0.2, -0.15) is 0 Å². The van der Waals surface area contributed by atoms with E-state index in [0.29, 0.717) is 35.8 Å². The topological polar surface area (TPSA) is 73.9 Å². The lowest BCUT2D eigenvalue weighted by molar-refractivity contribution is 0.0600. The van der Waals surface area contributed by atoms with Crippen LogP contribution in [0.1, 0.15) is 20.7 Å².